The summed E-state index contributed by atoms with van der Waals surface area (Å²) in [7, 11) is 3.99. The minimum atomic E-state index is -0.00386. The Morgan fingerprint density at radius 3 is 2.47 bits per heavy atom. The molecule has 6 rings (SSSR count). The molecule has 0 saturated carbocycles. The molecule has 6 heteroatoms. The quantitative estimate of drug-likeness (QED) is 0.335. The molecule has 3 heterocycles. The van der Waals surface area contributed by atoms with Crippen molar-refractivity contribution in [2.45, 2.75) is 18.9 Å². The molecular formula is C28H25N5Pt. The third-order valence-electron chi connectivity index (χ3n) is 6.31. The first-order valence-electron chi connectivity index (χ1n) is 11.3. The van der Waals surface area contributed by atoms with Crippen molar-refractivity contribution >= 4 is 22.7 Å². The van der Waals surface area contributed by atoms with Gasteiger partial charge in [-0.05, 0) is 50.7 Å². The van der Waals surface area contributed by atoms with Gasteiger partial charge in [-0.3, -0.25) is 0 Å². The van der Waals surface area contributed by atoms with Gasteiger partial charge in [0.1, 0.15) is 0 Å². The predicted octanol–water partition coefficient (Wildman–Crippen LogP) is 5.98. The molecule has 34 heavy (non-hydrogen) atoms. The molecule has 0 radical (unpaired) electrons. The van der Waals surface area contributed by atoms with E-state index in [1.54, 1.807) is 0 Å². The van der Waals surface area contributed by atoms with E-state index in [0.29, 0.717) is 0 Å². The van der Waals surface area contributed by atoms with E-state index in [9.17, 15) is 0 Å². The van der Waals surface area contributed by atoms with Crippen LogP contribution in [0, 0.1) is 18.8 Å². The summed E-state index contributed by atoms with van der Waals surface area (Å²) in [5.74, 6) is 0. The molecule has 0 spiro atoms. The number of hydrogen-bond acceptors (Lipinski definition) is 4. The minimum absolute atomic E-state index is 0. The van der Waals surface area contributed by atoms with Crippen molar-refractivity contribution in [1.82, 2.24) is 9.91 Å². The van der Waals surface area contributed by atoms with Gasteiger partial charge in [0.2, 0.25) is 0 Å². The van der Waals surface area contributed by atoms with E-state index in [4.69, 9.17) is 0 Å². The molecule has 0 aliphatic carbocycles. The molecule has 0 aromatic heterocycles. The van der Waals surface area contributed by atoms with Crippen LogP contribution in [0.25, 0.3) is 5.43 Å². The molecule has 0 N–H and O–H groups in total. The Bertz CT molecular complexity index is 1250. The van der Waals surface area contributed by atoms with Crippen LogP contribution in [-0.2, 0) is 33.9 Å². The number of anilines is 4. The number of aryl methyl sites for hydroxylation is 2. The Morgan fingerprint density at radius 1 is 0.853 bits per heavy atom. The van der Waals surface area contributed by atoms with Crippen LogP contribution in [0.3, 0.4) is 0 Å². The fraction of sp³-hybridized carbons (Fsp3) is 0.179. The zero-order valence-corrected chi connectivity index (χ0v) is 21.4. The summed E-state index contributed by atoms with van der Waals surface area (Å²) in [4.78, 5) is 6.44. The molecule has 3 aliphatic rings. The van der Waals surface area contributed by atoms with Gasteiger partial charge in [-0.1, -0.05) is 48.1 Å². The second-order valence-corrected chi connectivity index (χ2v) is 8.63. The van der Waals surface area contributed by atoms with Crippen molar-refractivity contribution < 1.29 is 21.1 Å². The standard InChI is InChI=1S/C28H25N5.Pt/c1-30-16-17-32(20-30)24-7-5-8-25(19-24)33-27-9-4-3-6-21(27)10-11-22-12-13-23(18-28(22)33)26-14-15-31(2)29-26;/h3-9,12-17,20,26H,10-11H2,1-2H3;/q-4;+4. The zero-order valence-electron chi connectivity index (χ0n) is 19.1. The number of fused-ring (bicyclic) bond motifs is 2. The van der Waals surface area contributed by atoms with Gasteiger partial charge in [-0.15, -0.1) is 29.4 Å². The van der Waals surface area contributed by atoms with Gasteiger partial charge in [-0.25, -0.2) is 0 Å². The fourth-order valence-electron chi connectivity index (χ4n) is 4.65. The first-order chi connectivity index (χ1) is 16.2. The Morgan fingerprint density at radius 2 is 1.68 bits per heavy atom. The van der Waals surface area contributed by atoms with E-state index in [0.717, 1.165) is 35.5 Å². The van der Waals surface area contributed by atoms with Gasteiger partial charge in [-0.2, -0.15) is 36.5 Å². The summed E-state index contributed by atoms with van der Waals surface area (Å²) in [6.45, 7) is 2.05. The number of para-hydroxylation sites is 1. The van der Waals surface area contributed by atoms with Crippen molar-refractivity contribution in [3.63, 3.8) is 0 Å². The van der Waals surface area contributed by atoms with Gasteiger partial charge in [0.05, 0.1) is 0 Å². The molecule has 0 bridgehead atoms. The van der Waals surface area contributed by atoms with Crippen LogP contribution in [0.1, 0.15) is 22.7 Å². The topological polar surface area (TPSA) is 27.1 Å². The van der Waals surface area contributed by atoms with E-state index < -0.39 is 0 Å². The number of benzene rings is 3. The maximum Gasteiger partial charge on any atom is 4.00 e. The molecule has 3 aliphatic heterocycles. The third-order valence-corrected chi connectivity index (χ3v) is 6.31. The van der Waals surface area contributed by atoms with Crippen molar-refractivity contribution in [2.75, 3.05) is 23.9 Å². The van der Waals surface area contributed by atoms with E-state index >= 15 is 0 Å². The van der Waals surface area contributed by atoms with Crippen molar-refractivity contribution in [2.24, 2.45) is 0 Å². The smallest absolute Gasteiger partial charge is 0.561 e. The van der Waals surface area contributed by atoms with E-state index in [2.05, 4.69) is 101 Å². The Kier molecular flexibility index (Phi) is 6.24. The summed E-state index contributed by atoms with van der Waals surface area (Å²) in [6.07, 6.45) is 10.2. The molecule has 0 saturated heterocycles. The van der Waals surface area contributed by atoms with Crippen LogP contribution in [0.15, 0.2) is 79.3 Å². The molecular weight excluding hydrogens is 601 g/mol. The van der Waals surface area contributed by atoms with Gasteiger partial charge in [0.15, 0.2) is 0 Å². The van der Waals surface area contributed by atoms with Crippen LogP contribution in [0.4, 0.5) is 22.7 Å². The second-order valence-electron chi connectivity index (χ2n) is 8.63. The maximum atomic E-state index is 4.69. The molecule has 1 unspecified atom stereocenters. The Labute approximate surface area is 216 Å². The molecule has 3 aromatic carbocycles. The normalized spacial score (nSPS) is 18.6. The average Bonchev–Trinajstić information content (AvgIpc) is 3.43. The number of hydrogen-bond donors (Lipinski definition) is 0. The van der Waals surface area contributed by atoms with Crippen LogP contribution in [-0.4, -0.2) is 24.0 Å². The Hall–Kier alpha value is -3.01. The van der Waals surface area contributed by atoms with Crippen LogP contribution in [0.5, 0.6) is 0 Å². The molecule has 3 aromatic rings. The van der Waals surface area contributed by atoms with Gasteiger partial charge in [0, 0.05) is 5.69 Å². The minimum Gasteiger partial charge on any atom is -0.561 e. The van der Waals surface area contributed by atoms with Crippen LogP contribution < -0.4 is 9.80 Å². The van der Waals surface area contributed by atoms with Gasteiger partial charge in [0.25, 0.3) is 0 Å². The maximum absolute atomic E-state index is 4.69. The largest absolute Gasteiger partial charge is 4.00 e. The van der Waals surface area contributed by atoms with Crippen LogP contribution in [0.2, 0.25) is 0 Å². The summed E-state index contributed by atoms with van der Waals surface area (Å²) in [6, 6.07) is 26.8. The van der Waals surface area contributed by atoms with Crippen molar-refractivity contribution in [3.8, 4) is 0 Å². The molecule has 172 valence electrons. The third kappa shape index (κ3) is 4.15. The molecule has 0 fully saturated rings. The van der Waals surface area contributed by atoms with Crippen LogP contribution >= 0.6 is 0 Å². The average molecular weight is 627 g/mol. The molecule has 1 atom stereocenters. The summed E-state index contributed by atoms with van der Waals surface area (Å²) >= 11 is 0. The second kappa shape index (κ2) is 9.32. The number of rotatable bonds is 3. The fourth-order valence-corrected chi connectivity index (χ4v) is 4.65. The monoisotopic (exact) mass is 626 g/mol. The summed E-state index contributed by atoms with van der Waals surface area (Å²) in [5.41, 5.74) is 12.7. The predicted molar refractivity (Wildman–Crippen MR) is 133 cm³/mol. The van der Waals surface area contributed by atoms with Crippen molar-refractivity contribution in [1.29, 1.82) is 0 Å². The first-order valence-corrected chi connectivity index (χ1v) is 11.3. The van der Waals surface area contributed by atoms with E-state index in [1.165, 1.54) is 16.8 Å². The van der Waals surface area contributed by atoms with Gasteiger partial charge < -0.3 is 25.1 Å². The van der Waals surface area contributed by atoms with E-state index in [-0.39, 0.29) is 27.1 Å². The zero-order chi connectivity index (χ0) is 22.4. The number of nitrogens with zero attached hydrogens (tertiary/aromatic N) is 5. The van der Waals surface area contributed by atoms with Crippen molar-refractivity contribution in [3.05, 3.63) is 120 Å². The molecule has 0 amide bonds. The SMILES string of the molecule is CN1C=CN(c2[c-]c(N3c4[c-]c(C5C=CN(C)[N-]5)ccc4CCc4ccccc43)ccc2)[CH-]1.[Pt+4]. The molecule has 5 nitrogen and oxygen atoms in total. The Balaban J connectivity index is 0.00000241. The van der Waals surface area contributed by atoms with E-state index in [1.807, 2.05) is 36.4 Å². The summed E-state index contributed by atoms with van der Waals surface area (Å²) < 4.78 is 0. The summed E-state index contributed by atoms with van der Waals surface area (Å²) in [5, 5.41) is 1.87. The first kappa shape index (κ1) is 22.8. The van der Waals surface area contributed by atoms with Gasteiger partial charge >= 0.3 is 21.1 Å².